The number of carbonyl (C=O) groups excluding carboxylic acids is 2. The van der Waals surface area contributed by atoms with Gasteiger partial charge in [-0.25, -0.2) is 0 Å². The fourth-order valence-corrected chi connectivity index (χ4v) is 2.69. The molecule has 2 aromatic carbocycles. The summed E-state index contributed by atoms with van der Waals surface area (Å²) in [6.07, 6.45) is 0. The van der Waals surface area contributed by atoms with Gasteiger partial charge in [0.1, 0.15) is 17.2 Å². The highest BCUT2D eigenvalue weighted by atomic mass is 16.5. The number of hydrogen-bond donors (Lipinski definition) is 3. The summed E-state index contributed by atoms with van der Waals surface area (Å²) in [5.41, 5.74) is -0.373. The lowest BCUT2D eigenvalue weighted by Crippen LogP contribution is -2.21. The van der Waals surface area contributed by atoms with Crippen LogP contribution in [0.1, 0.15) is 44.3 Å². The minimum Gasteiger partial charge on any atom is -0.507 e. The molecule has 0 unspecified atom stereocenters. The fourth-order valence-electron chi connectivity index (χ4n) is 2.69. The van der Waals surface area contributed by atoms with Crippen LogP contribution < -0.4 is 0 Å². The molecule has 3 rings (SSSR count). The van der Waals surface area contributed by atoms with E-state index in [1.165, 1.54) is 18.2 Å². The summed E-state index contributed by atoms with van der Waals surface area (Å²) < 4.78 is 5.17. The average Bonchev–Trinajstić information content (AvgIpc) is 2.52. The Kier molecular flexibility index (Phi) is 3.54. The molecule has 6 nitrogen and oxygen atoms in total. The molecule has 0 amide bonds. The Hall–Kier alpha value is -2.86. The summed E-state index contributed by atoms with van der Waals surface area (Å²) in [5, 5.41) is 30.2. The van der Waals surface area contributed by atoms with E-state index < -0.39 is 17.3 Å². The number of phenolic OH excluding ortho intramolecular Hbond substituents is 3. The van der Waals surface area contributed by atoms with Crippen LogP contribution in [0.4, 0.5) is 0 Å². The van der Waals surface area contributed by atoms with Gasteiger partial charge in [-0.15, -0.1) is 0 Å². The third kappa shape index (κ3) is 2.15. The summed E-state index contributed by atoms with van der Waals surface area (Å²) in [6.45, 7) is 2.02. The smallest absolute Gasteiger partial charge is 0.198 e. The van der Waals surface area contributed by atoms with Gasteiger partial charge in [0.05, 0.1) is 23.3 Å². The van der Waals surface area contributed by atoms with Gasteiger partial charge in [-0.2, -0.15) is 0 Å². The first-order valence-electron chi connectivity index (χ1n) is 7.04. The fraction of sp³-hybridized carbons (Fsp3) is 0.176. The van der Waals surface area contributed by atoms with Crippen molar-refractivity contribution in [2.24, 2.45) is 0 Å². The molecule has 1 aliphatic rings. The van der Waals surface area contributed by atoms with Crippen molar-refractivity contribution in [3.05, 3.63) is 52.1 Å². The zero-order valence-corrected chi connectivity index (χ0v) is 12.3. The van der Waals surface area contributed by atoms with Crippen LogP contribution in [-0.4, -0.2) is 33.5 Å². The number of aromatic hydroxyl groups is 3. The lowest BCUT2D eigenvalue weighted by molar-refractivity contribution is 0.0971. The minimum absolute atomic E-state index is 0.0193. The van der Waals surface area contributed by atoms with E-state index in [9.17, 15) is 24.9 Å². The van der Waals surface area contributed by atoms with Crippen molar-refractivity contribution in [3.63, 3.8) is 0 Å². The molecular formula is C17H14O6. The van der Waals surface area contributed by atoms with Gasteiger partial charge in [-0.05, 0) is 19.1 Å². The van der Waals surface area contributed by atoms with Crippen LogP contribution in [0.25, 0.3) is 0 Å². The summed E-state index contributed by atoms with van der Waals surface area (Å²) >= 11 is 0. The number of fused-ring (bicyclic) bond motifs is 2. The molecule has 0 heterocycles. The van der Waals surface area contributed by atoms with Crippen molar-refractivity contribution in [1.82, 2.24) is 0 Å². The van der Waals surface area contributed by atoms with Crippen molar-refractivity contribution >= 4 is 11.6 Å². The monoisotopic (exact) mass is 314 g/mol. The number of hydrogen-bond acceptors (Lipinski definition) is 6. The van der Waals surface area contributed by atoms with Crippen molar-refractivity contribution < 1.29 is 29.6 Å². The van der Waals surface area contributed by atoms with Crippen LogP contribution in [0.5, 0.6) is 17.2 Å². The Labute approximate surface area is 131 Å². The van der Waals surface area contributed by atoms with Gasteiger partial charge in [-0.1, -0.05) is 12.1 Å². The molecule has 6 heteroatoms. The first kappa shape index (κ1) is 15.1. The second-order valence-electron chi connectivity index (χ2n) is 5.14. The van der Waals surface area contributed by atoms with E-state index >= 15 is 0 Å². The summed E-state index contributed by atoms with van der Waals surface area (Å²) in [7, 11) is 0. The van der Waals surface area contributed by atoms with Gasteiger partial charge >= 0.3 is 0 Å². The van der Waals surface area contributed by atoms with E-state index in [1.807, 2.05) is 0 Å². The standard InChI is InChI=1S/C17H14O6/c1-2-23-7-10-12(19)6-9-14(17(10)22)15(20)8-4-3-5-11(18)13(8)16(9)21/h3-6,18-19,22H,2,7H2,1H3. The molecule has 0 radical (unpaired) electrons. The van der Waals surface area contributed by atoms with Crippen molar-refractivity contribution in [2.45, 2.75) is 13.5 Å². The van der Waals surface area contributed by atoms with Crippen LogP contribution in [0, 0.1) is 0 Å². The van der Waals surface area contributed by atoms with E-state index in [4.69, 9.17) is 4.74 Å². The van der Waals surface area contributed by atoms with Gasteiger partial charge in [0.2, 0.25) is 0 Å². The normalized spacial score (nSPS) is 12.9. The van der Waals surface area contributed by atoms with Crippen molar-refractivity contribution in [3.8, 4) is 17.2 Å². The van der Waals surface area contributed by atoms with E-state index in [0.29, 0.717) is 6.61 Å². The lowest BCUT2D eigenvalue weighted by Gasteiger charge is -2.21. The van der Waals surface area contributed by atoms with Gasteiger partial charge in [-0.3, -0.25) is 9.59 Å². The number of ketones is 2. The third-order valence-corrected chi connectivity index (χ3v) is 3.82. The second kappa shape index (κ2) is 5.40. The molecule has 0 bridgehead atoms. The van der Waals surface area contributed by atoms with E-state index in [-0.39, 0.29) is 45.9 Å². The van der Waals surface area contributed by atoms with Crippen molar-refractivity contribution in [2.75, 3.05) is 6.61 Å². The highest BCUT2D eigenvalue weighted by molar-refractivity contribution is 6.30. The highest BCUT2D eigenvalue weighted by Gasteiger charge is 2.35. The van der Waals surface area contributed by atoms with Crippen molar-refractivity contribution in [1.29, 1.82) is 0 Å². The zero-order valence-electron chi connectivity index (χ0n) is 12.3. The number of phenols is 3. The van der Waals surface area contributed by atoms with E-state index in [0.717, 1.165) is 6.07 Å². The number of rotatable bonds is 3. The Morgan fingerprint density at radius 1 is 0.957 bits per heavy atom. The molecule has 0 aliphatic heterocycles. The Bertz CT molecular complexity index is 837. The maximum atomic E-state index is 12.6. The van der Waals surface area contributed by atoms with Crippen LogP contribution in [0.2, 0.25) is 0 Å². The molecule has 0 aromatic heterocycles. The molecule has 0 saturated carbocycles. The summed E-state index contributed by atoms with van der Waals surface area (Å²) in [4.78, 5) is 25.2. The van der Waals surface area contributed by atoms with Gasteiger partial charge in [0, 0.05) is 17.7 Å². The predicted octanol–water partition coefficient (Wildman–Crippen LogP) is 2.12. The molecule has 0 spiro atoms. The molecule has 23 heavy (non-hydrogen) atoms. The summed E-state index contributed by atoms with van der Waals surface area (Å²) in [5.74, 6) is -2.33. The van der Waals surface area contributed by atoms with Gasteiger partial charge in [0.25, 0.3) is 0 Å². The Morgan fingerprint density at radius 2 is 1.65 bits per heavy atom. The van der Waals surface area contributed by atoms with Crippen LogP contribution >= 0.6 is 0 Å². The van der Waals surface area contributed by atoms with Crippen LogP contribution in [-0.2, 0) is 11.3 Å². The Morgan fingerprint density at radius 3 is 2.35 bits per heavy atom. The van der Waals surface area contributed by atoms with Crippen LogP contribution in [0.15, 0.2) is 24.3 Å². The number of benzene rings is 2. The largest absolute Gasteiger partial charge is 0.507 e. The quantitative estimate of drug-likeness (QED) is 0.684. The maximum Gasteiger partial charge on any atom is 0.198 e. The lowest BCUT2D eigenvalue weighted by atomic mass is 9.82. The molecule has 0 saturated heterocycles. The van der Waals surface area contributed by atoms with Gasteiger partial charge < -0.3 is 20.1 Å². The predicted molar refractivity (Wildman–Crippen MR) is 80.1 cm³/mol. The highest BCUT2D eigenvalue weighted by Crippen LogP contribution is 2.41. The molecule has 3 N–H and O–H groups in total. The Balaban J connectivity index is 2.25. The minimum atomic E-state index is -0.624. The molecule has 1 aliphatic carbocycles. The van der Waals surface area contributed by atoms with Gasteiger partial charge in [0.15, 0.2) is 11.6 Å². The second-order valence-corrected chi connectivity index (χ2v) is 5.14. The topological polar surface area (TPSA) is 104 Å². The maximum absolute atomic E-state index is 12.6. The molecule has 2 aromatic rings. The average molecular weight is 314 g/mol. The van der Waals surface area contributed by atoms with E-state index in [2.05, 4.69) is 0 Å². The SMILES string of the molecule is CCOCc1c(O)cc2c(c1O)C(=O)c1cccc(O)c1C2=O. The van der Waals surface area contributed by atoms with Crippen LogP contribution in [0.3, 0.4) is 0 Å². The first-order valence-corrected chi connectivity index (χ1v) is 7.04. The molecule has 118 valence electrons. The third-order valence-electron chi connectivity index (χ3n) is 3.82. The van der Waals surface area contributed by atoms with E-state index in [1.54, 1.807) is 6.92 Å². The molecule has 0 fully saturated rings. The summed E-state index contributed by atoms with van der Waals surface area (Å²) in [6, 6.07) is 5.28. The number of carbonyl (C=O) groups is 2. The molecule has 0 atom stereocenters. The number of ether oxygens (including phenoxy) is 1. The molecular weight excluding hydrogens is 300 g/mol. The zero-order chi connectivity index (χ0) is 16.7. The first-order chi connectivity index (χ1) is 11.0.